The van der Waals surface area contributed by atoms with Gasteiger partial charge in [-0.05, 0) is 24.3 Å². The van der Waals surface area contributed by atoms with Crippen LogP contribution in [0.2, 0.25) is 0 Å². The number of nitrogens with zero attached hydrogens (tertiary/aromatic N) is 1. The average Bonchev–Trinajstić information content (AvgIpc) is 2.53. The first-order valence-electron chi connectivity index (χ1n) is 7.49. The number of hydrogen-bond acceptors (Lipinski definition) is 4. The van der Waals surface area contributed by atoms with E-state index in [9.17, 15) is 9.59 Å². The van der Waals surface area contributed by atoms with E-state index in [4.69, 9.17) is 15.6 Å². The van der Waals surface area contributed by atoms with E-state index in [2.05, 4.69) is 0 Å². The lowest BCUT2D eigenvalue weighted by Gasteiger charge is -2.34. The highest BCUT2D eigenvalue weighted by molar-refractivity contribution is 5.68. The molecule has 0 aliphatic carbocycles. The summed E-state index contributed by atoms with van der Waals surface area (Å²) in [7, 11) is 0. The average molecular weight is 306 g/mol. The molecule has 0 radical (unpaired) electrons. The standard InChI is InChI=1S/C16H22N2O4/c17-14(9-15(19)20)13-7-4-8-18(10-13)16(21)22-11-12-5-2-1-3-6-12/h1-3,5-6,13-14H,4,7-11,17H2,(H,19,20). The van der Waals surface area contributed by atoms with Crippen LogP contribution in [0.3, 0.4) is 0 Å². The Morgan fingerprint density at radius 3 is 2.77 bits per heavy atom. The molecule has 1 aliphatic rings. The molecule has 1 heterocycles. The molecular formula is C16H22N2O4. The van der Waals surface area contributed by atoms with Gasteiger partial charge in [0.2, 0.25) is 0 Å². The Hall–Kier alpha value is -2.08. The van der Waals surface area contributed by atoms with Crippen molar-refractivity contribution in [2.45, 2.75) is 31.9 Å². The zero-order valence-electron chi connectivity index (χ0n) is 12.5. The Kier molecular flexibility index (Phi) is 5.77. The summed E-state index contributed by atoms with van der Waals surface area (Å²) in [6.45, 7) is 1.33. The molecule has 1 fully saturated rings. The molecule has 0 bridgehead atoms. The number of carboxylic acid groups (broad SMARTS) is 1. The van der Waals surface area contributed by atoms with Crippen molar-refractivity contribution in [2.24, 2.45) is 11.7 Å². The van der Waals surface area contributed by atoms with E-state index in [0.29, 0.717) is 13.1 Å². The topological polar surface area (TPSA) is 92.9 Å². The first-order chi connectivity index (χ1) is 10.6. The summed E-state index contributed by atoms with van der Waals surface area (Å²) in [6.07, 6.45) is 1.23. The fourth-order valence-corrected chi connectivity index (χ4v) is 2.70. The number of carboxylic acids is 1. The highest BCUT2D eigenvalue weighted by Crippen LogP contribution is 2.21. The van der Waals surface area contributed by atoms with Crippen LogP contribution < -0.4 is 5.73 Å². The quantitative estimate of drug-likeness (QED) is 0.866. The number of benzene rings is 1. The highest BCUT2D eigenvalue weighted by Gasteiger charge is 2.29. The Morgan fingerprint density at radius 1 is 1.36 bits per heavy atom. The minimum absolute atomic E-state index is 0.00845. The van der Waals surface area contributed by atoms with Crippen molar-refractivity contribution in [1.82, 2.24) is 4.90 Å². The Balaban J connectivity index is 1.83. The van der Waals surface area contributed by atoms with Gasteiger partial charge in [-0.25, -0.2) is 4.79 Å². The molecule has 0 spiro atoms. The summed E-state index contributed by atoms with van der Waals surface area (Å²) < 4.78 is 5.31. The Morgan fingerprint density at radius 2 is 2.09 bits per heavy atom. The lowest BCUT2D eigenvalue weighted by atomic mass is 9.89. The van der Waals surface area contributed by atoms with Gasteiger partial charge in [-0.15, -0.1) is 0 Å². The number of hydrogen-bond donors (Lipinski definition) is 2. The Bertz CT molecular complexity index is 506. The molecule has 3 N–H and O–H groups in total. The summed E-state index contributed by atoms with van der Waals surface area (Å²) >= 11 is 0. The van der Waals surface area contributed by atoms with Gasteiger partial charge in [-0.3, -0.25) is 4.79 Å². The summed E-state index contributed by atoms with van der Waals surface area (Å²) in [6, 6.07) is 9.06. The van der Waals surface area contributed by atoms with Crippen molar-refractivity contribution in [1.29, 1.82) is 0 Å². The van der Waals surface area contributed by atoms with Gasteiger partial charge in [0.05, 0.1) is 6.42 Å². The second-order valence-electron chi connectivity index (χ2n) is 5.65. The van der Waals surface area contributed by atoms with Crippen LogP contribution in [0.15, 0.2) is 30.3 Å². The zero-order chi connectivity index (χ0) is 15.9. The van der Waals surface area contributed by atoms with Crippen LogP contribution in [0.1, 0.15) is 24.8 Å². The molecule has 1 aromatic carbocycles. The van der Waals surface area contributed by atoms with Crippen molar-refractivity contribution in [3.63, 3.8) is 0 Å². The number of likely N-dealkylation sites (tertiary alicyclic amines) is 1. The van der Waals surface area contributed by atoms with E-state index in [-0.39, 0.29) is 25.0 Å². The van der Waals surface area contributed by atoms with Crippen LogP contribution in [-0.4, -0.2) is 41.2 Å². The van der Waals surface area contributed by atoms with Crippen molar-refractivity contribution in [3.05, 3.63) is 35.9 Å². The monoisotopic (exact) mass is 306 g/mol. The van der Waals surface area contributed by atoms with Gasteiger partial charge in [0.25, 0.3) is 0 Å². The second kappa shape index (κ2) is 7.79. The summed E-state index contributed by atoms with van der Waals surface area (Å²) in [5.74, 6) is -0.898. The molecule has 6 heteroatoms. The van der Waals surface area contributed by atoms with E-state index in [1.54, 1.807) is 4.90 Å². The number of piperidine rings is 1. The first-order valence-corrected chi connectivity index (χ1v) is 7.49. The molecule has 1 aromatic rings. The first kappa shape index (κ1) is 16.3. The number of rotatable bonds is 5. The molecule has 120 valence electrons. The third-order valence-corrected chi connectivity index (χ3v) is 3.94. The number of aliphatic carboxylic acids is 1. The minimum Gasteiger partial charge on any atom is -0.481 e. The summed E-state index contributed by atoms with van der Waals surface area (Å²) in [4.78, 5) is 24.5. The van der Waals surface area contributed by atoms with Gasteiger partial charge in [0, 0.05) is 19.1 Å². The van der Waals surface area contributed by atoms with E-state index >= 15 is 0 Å². The van der Waals surface area contributed by atoms with Gasteiger partial charge in [-0.1, -0.05) is 30.3 Å². The van der Waals surface area contributed by atoms with Crippen molar-refractivity contribution < 1.29 is 19.4 Å². The lowest BCUT2D eigenvalue weighted by molar-refractivity contribution is -0.137. The maximum absolute atomic E-state index is 12.1. The third kappa shape index (κ3) is 4.73. The molecule has 1 aliphatic heterocycles. The molecule has 0 aromatic heterocycles. The molecule has 6 nitrogen and oxygen atoms in total. The normalized spacial score (nSPS) is 19.5. The number of amides is 1. The van der Waals surface area contributed by atoms with Crippen LogP contribution >= 0.6 is 0 Å². The molecule has 0 saturated carbocycles. The van der Waals surface area contributed by atoms with Gasteiger partial charge in [0.1, 0.15) is 6.61 Å². The van der Waals surface area contributed by atoms with Crippen molar-refractivity contribution in [2.75, 3.05) is 13.1 Å². The molecule has 1 saturated heterocycles. The maximum Gasteiger partial charge on any atom is 0.410 e. The van der Waals surface area contributed by atoms with Gasteiger partial charge in [0.15, 0.2) is 0 Å². The molecule has 2 atom stereocenters. The molecule has 22 heavy (non-hydrogen) atoms. The second-order valence-corrected chi connectivity index (χ2v) is 5.65. The predicted octanol–water partition coefficient (Wildman–Crippen LogP) is 1.84. The van der Waals surface area contributed by atoms with E-state index in [0.717, 1.165) is 18.4 Å². The molecular weight excluding hydrogens is 284 g/mol. The lowest BCUT2D eigenvalue weighted by Crippen LogP contribution is -2.46. The smallest absolute Gasteiger partial charge is 0.410 e. The third-order valence-electron chi connectivity index (χ3n) is 3.94. The Labute approximate surface area is 129 Å². The molecule has 2 rings (SSSR count). The van der Waals surface area contributed by atoms with Crippen molar-refractivity contribution in [3.8, 4) is 0 Å². The fourth-order valence-electron chi connectivity index (χ4n) is 2.70. The van der Waals surface area contributed by atoms with E-state index < -0.39 is 12.0 Å². The fraction of sp³-hybridized carbons (Fsp3) is 0.500. The maximum atomic E-state index is 12.1. The van der Waals surface area contributed by atoms with Crippen molar-refractivity contribution >= 4 is 12.1 Å². The molecule has 2 unspecified atom stereocenters. The van der Waals surface area contributed by atoms with Crippen LogP contribution in [0.25, 0.3) is 0 Å². The van der Waals surface area contributed by atoms with Gasteiger partial charge < -0.3 is 20.5 Å². The largest absolute Gasteiger partial charge is 0.481 e. The van der Waals surface area contributed by atoms with Crippen LogP contribution in [-0.2, 0) is 16.1 Å². The number of carbonyl (C=O) groups is 2. The van der Waals surface area contributed by atoms with Gasteiger partial charge in [-0.2, -0.15) is 0 Å². The number of nitrogens with two attached hydrogens (primary N) is 1. The van der Waals surface area contributed by atoms with Gasteiger partial charge >= 0.3 is 12.1 Å². The predicted molar refractivity (Wildman–Crippen MR) is 81.2 cm³/mol. The zero-order valence-corrected chi connectivity index (χ0v) is 12.5. The SMILES string of the molecule is NC(CC(=O)O)C1CCCN(C(=O)OCc2ccccc2)C1. The van der Waals surface area contributed by atoms with Crippen LogP contribution in [0.5, 0.6) is 0 Å². The van der Waals surface area contributed by atoms with Crippen LogP contribution in [0, 0.1) is 5.92 Å². The highest BCUT2D eigenvalue weighted by atomic mass is 16.6. The molecule has 1 amide bonds. The van der Waals surface area contributed by atoms with Crippen LogP contribution in [0.4, 0.5) is 4.79 Å². The van der Waals surface area contributed by atoms with E-state index in [1.807, 2.05) is 30.3 Å². The number of ether oxygens (including phenoxy) is 1. The number of carbonyl (C=O) groups excluding carboxylic acids is 1. The van der Waals surface area contributed by atoms with E-state index in [1.165, 1.54) is 0 Å². The minimum atomic E-state index is -0.906. The summed E-state index contributed by atoms with van der Waals surface area (Å²) in [5, 5.41) is 8.81. The summed E-state index contributed by atoms with van der Waals surface area (Å²) in [5.41, 5.74) is 6.85.